The average molecular weight is 458 g/mol. The van der Waals surface area contributed by atoms with Crippen LogP contribution in [0, 0.1) is 0 Å². The van der Waals surface area contributed by atoms with Crippen molar-refractivity contribution in [3.63, 3.8) is 0 Å². The Labute approximate surface area is 175 Å². The van der Waals surface area contributed by atoms with Crippen LogP contribution in [0.25, 0.3) is 10.2 Å². The second kappa shape index (κ2) is 7.60. The molecule has 148 valence electrons. The Morgan fingerprint density at radius 2 is 2.14 bits per heavy atom. The molecule has 1 fully saturated rings. The molecule has 1 N–H and O–H groups in total. The number of fused-ring (bicyclic) bond motifs is 1. The van der Waals surface area contributed by atoms with Crippen LogP contribution in [-0.4, -0.2) is 43.3 Å². The Hall–Kier alpha value is -1.72. The lowest BCUT2D eigenvalue weighted by atomic mass is 10.2. The molecule has 0 bridgehead atoms. The van der Waals surface area contributed by atoms with Gasteiger partial charge >= 0.3 is 0 Å². The highest BCUT2D eigenvalue weighted by molar-refractivity contribution is 7.91. The predicted octanol–water partition coefficient (Wildman–Crippen LogP) is 3.81. The molecule has 0 spiro atoms. The summed E-state index contributed by atoms with van der Waals surface area (Å²) in [5, 5.41) is 3.20. The molecule has 3 aromatic rings. The van der Waals surface area contributed by atoms with Crippen LogP contribution in [0.1, 0.15) is 12.8 Å². The third-order valence-electron chi connectivity index (χ3n) is 4.44. The lowest BCUT2D eigenvalue weighted by Crippen LogP contribution is -2.42. The molecule has 0 saturated carbocycles. The molecule has 3 heterocycles. The van der Waals surface area contributed by atoms with Crippen molar-refractivity contribution in [3.8, 4) is 5.75 Å². The van der Waals surface area contributed by atoms with E-state index in [1.54, 1.807) is 19.2 Å². The fourth-order valence-electron chi connectivity index (χ4n) is 3.12. The Morgan fingerprint density at radius 1 is 1.32 bits per heavy atom. The van der Waals surface area contributed by atoms with Gasteiger partial charge in [0.1, 0.15) is 16.0 Å². The minimum Gasteiger partial charge on any atom is -0.497 e. The van der Waals surface area contributed by atoms with Gasteiger partial charge in [-0.2, -0.15) is 4.31 Å². The number of amides is 1. The number of rotatable bonds is 5. The molecule has 11 heteroatoms. The van der Waals surface area contributed by atoms with E-state index in [0.29, 0.717) is 34.6 Å². The summed E-state index contributed by atoms with van der Waals surface area (Å²) in [6.45, 7) is 0.299. The van der Waals surface area contributed by atoms with E-state index in [2.05, 4.69) is 10.3 Å². The van der Waals surface area contributed by atoms with Gasteiger partial charge in [-0.3, -0.25) is 4.79 Å². The Morgan fingerprint density at radius 3 is 2.86 bits per heavy atom. The van der Waals surface area contributed by atoms with Gasteiger partial charge in [-0.1, -0.05) is 22.9 Å². The number of nitrogens with zero attached hydrogens (tertiary/aromatic N) is 2. The number of ether oxygens (including phenoxy) is 1. The number of carbonyl (C=O) groups is 1. The third-order valence-corrected chi connectivity index (χ3v) is 8.98. The number of anilines is 1. The Balaban J connectivity index is 1.55. The molecule has 1 aliphatic heterocycles. The summed E-state index contributed by atoms with van der Waals surface area (Å²) in [7, 11) is -2.18. The number of hydrogen-bond donors (Lipinski definition) is 1. The number of thiazole rings is 1. The summed E-state index contributed by atoms with van der Waals surface area (Å²) in [5.74, 6) is 0.325. The maximum atomic E-state index is 12.9. The fourth-order valence-corrected chi connectivity index (χ4v) is 7.28. The van der Waals surface area contributed by atoms with Crippen molar-refractivity contribution >= 4 is 65.6 Å². The van der Waals surface area contributed by atoms with Crippen LogP contribution >= 0.6 is 34.3 Å². The van der Waals surface area contributed by atoms with E-state index in [9.17, 15) is 13.2 Å². The Bertz CT molecular complexity index is 1140. The standard InChI is InChI=1S/C17H16ClN3O4S3/c1-25-10-4-5-11-13(9-10)26-17(19-11)20-16(22)12-3-2-8-21(12)28(23,24)15-7-6-14(18)27-15/h4-7,9,12H,2-3,8H2,1H3,(H,19,20,22)/t12-/m1/s1. The van der Waals surface area contributed by atoms with Crippen LogP contribution in [0.3, 0.4) is 0 Å². The van der Waals surface area contributed by atoms with Gasteiger partial charge in [0.15, 0.2) is 5.13 Å². The van der Waals surface area contributed by atoms with Gasteiger partial charge in [-0.05, 0) is 43.2 Å². The first-order valence-electron chi connectivity index (χ1n) is 8.41. The lowest BCUT2D eigenvalue weighted by molar-refractivity contribution is -0.119. The first kappa shape index (κ1) is 19.6. The van der Waals surface area contributed by atoms with Crippen LogP contribution in [0.4, 0.5) is 5.13 Å². The first-order chi connectivity index (χ1) is 13.4. The zero-order valence-electron chi connectivity index (χ0n) is 14.7. The molecular weight excluding hydrogens is 442 g/mol. The van der Waals surface area contributed by atoms with E-state index >= 15 is 0 Å². The van der Waals surface area contributed by atoms with Crippen molar-refractivity contribution in [1.29, 1.82) is 0 Å². The number of nitrogens with one attached hydrogen (secondary N) is 1. The van der Waals surface area contributed by atoms with Gasteiger partial charge < -0.3 is 10.1 Å². The van der Waals surface area contributed by atoms with E-state index in [1.807, 2.05) is 12.1 Å². The van der Waals surface area contributed by atoms with Crippen molar-refractivity contribution in [2.75, 3.05) is 19.0 Å². The summed E-state index contributed by atoms with van der Waals surface area (Å²) in [6, 6.07) is 7.69. The first-order valence-corrected chi connectivity index (χ1v) is 11.9. The van der Waals surface area contributed by atoms with Gasteiger partial charge in [-0.15, -0.1) is 11.3 Å². The molecule has 1 aliphatic rings. The fraction of sp³-hybridized carbons (Fsp3) is 0.294. The molecule has 0 radical (unpaired) electrons. The number of thiophene rings is 1. The molecule has 2 aromatic heterocycles. The second-order valence-electron chi connectivity index (χ2n) is 6.17. The predicted molar refractivity (Wildman–Crippen MR) is 111 cm³/mol. The highest BCUT2D eigenvalue weighted by Crippen LogP contribution is 2.33. The van der Waals surface area contributed by atoms with Crippen LogP contribution in [0.5, 0.6) is 5.75 Å². The summed E-state index contributed by atoms with van der Waals surface area (Å²) >= 11 is 8.18. The molecule has 0 unspecified atom stereocenters. The second-order valence-corrected chi connectivity index (χ2v) is 11.0. The molecular formula is C17H16ClN3O4S3. The average Bonchev–Trinajstić information content (AvgIpc) is 3.39. The van der Waals surface area contributed by atoms with Crippen molar-refractivity contribution in [2.24, 2.45) is 0 Å². The summed E-state index contributed by atoms with van der Waals surface area (Å²) < 4.78 is 33.7. The third kappa shape index (κ3) is 3.62. The molecule has 1 saturated heterocycles. The SMILES string of the molecule is COc1ccc2nc(NC(=O)[C@H]3CCCN3S(=O)(=O)c3ccc(Cl)s3)sc2c1. The summed E-state index contributed by atoms with van der Waals surface area (Å²) in [6.07, 6.45) is 1.08. The van der Waals surface area contributed by atoms with Gasteiger partial charge in [0.25, 0.3) is 10.0 Å². The quantitative estimate of drug-likeness (QED) is 0.629. The monoisotopic (exact) mass is 457 g/mol. The van der Waals surface area contributed by atoms with E-state index in [-0.39, 0.29) is 10.1 Å². The smallest absolute Gasteiger partial charge is 0.253 e. The highest BCUT2D eigenvalue weighted by Gasteiger charge is 2.40. The normalized spacial score (nSPS) is 17.9. The summed E-state index contributed by atoms with van der Waals surface area (Å²) in [5.41, 5.74) is 0.741. The number of methoxy groups -OCH3 is 1. The maximum absolute atomic E-state index is 12.9. The number of sulfonamides is 1. The zero-order valence-corrected chi connectivity index (χ0v) is 17.9. The summed E-state index contributed by atoms with van der Waals surface area (Å²) in [4.78, 5) is 17.2. The van der Waals surface area contributed by atoms with E-state index < -0.39 is 16.1 Å². The van der Waals surface area contributed by atoms with Gasteiger partial charge in [0.05, 0.1) is 21.7 Å². The van der Waals surface area contributed by atoms with Gasteiger partial charge in [0.2, 0.25) is 5.91 Å². The molecule has 0 aliphatic carbocycles. The molecule has 1 aromatic carbocycles. The number of carbonyl (C=O) groups excluding carboxylic acids is 1. The van der Waals surface area contributed by atoms with Crippen molar-refractivity contribution in [3.05, 3.63) is 34.7 Å². The van der Waals surface area contributed by atoms with Crippen molar-refractivity contribution in [2.45, 2.75) is 23.1 Å². The molecule has 1 atom stereocenters. The van der Waals surface area contributed by atoms with E-state index in [1.165, 1.54) is 21.7 Å². The zero-order chi connectivity index (χ0) is 19.9. The van der Waals surface area contributed by atoms with Crippen LogP contribution in [0.15, 0.2) is 34.5 Å². The number of hydrogen-bond acceptors (Lipinski definition) is 7. The number of benzene rings is 1. The van der Waals surface area contributed by atoms with Crippen LogP contribution in [-0.2, 0) is 14.8 Å². The van der Waals surface area contributed by atoms with Gasteiger partial charge in [0, 0.05) is 6.54 Å². The van der Waals surface area contributed by atoms with Crippen LogP contribution < -0.4 is 10.1 Å². The minimum atomic E-state index is -3.76. The van der Waals surface area contributed by atoms with Crippen molar-refractivity contribution in [1.82, 2.24) is 9.29 Å². The van der Waals surface area contributed by atoms with E-state index in [0.717, 1.165) is 21.6 Å². The van der Waals surface area contributed by atoms with Crippen LogP contribution in [0.2, 0.25) is 4.34 Å². The lowest BCUT2D eigenvalue weighted by Gasteiger charge is -2.22. The topological polar surface area (TPSA) is 88.6 Å². The van der Waals surface area contributed by atoms with E-state index in [4.69, 9.17) is 16.3 Å². The molecule has 4 rings (SSSR count). The molecule has 1 amide bonds. The van der Waals surface area contributed by atoms with Crippen molar-refractivity contribution < 1.29 is 17.9 Å². The molecule has 28 heavy (non-hydrogen) atoms. The maximum Gasteiger partial charge on any atom is 0.253 e. The number of aromatic nitrogens is 1. The Kier molecular flexibility index (Phi) is 5.32. The molecule has 7 nitrogen and oxygen atoms in total. The largest absolute Gasteiger partial charge is 0.497 e. The minimum absolute atomic E-state index is 0.143. The van der Waals surface area contributed by atoms with Gasteiger partial charge in [-0.25, -0.2) is 13.4 Å². The highest BCUT2D eigenvalue weighted by atomic mass is 35.5. The number of halogens is 1.